The van der Waals surface area contributed by atoms with Gasteiger partial charge >= 0.3 is 5.97 Å². The lowest BCUT2D eigenvalue weighted by atomic mass is 10.1. The van der Waals surface area contributed by atoms with Gasteiger partial charge in [-0.2, -0.15) is 0 Å². The first kappa shape index (κ1) is 15.4. The van der Waals surface area contributed by atoms with Gasteiger partial charge in [-0.15, -0.1) is 0 Å². The van der Waals surface area contributed by atoms with E-state index < -0.39 is 0 Å². The molecule has 0 saturated carbocycles. The number of esters is 1. The van der Waals surface area contributed by atoms with Gasteiger partial charge in [0.25, 0.3) is 0 Å². The average Bonchev–Trinajstić information content (AvgIpc) is 2.45. The summed E-state index contributed by atoms with van der Waals surface area (Å²) in [5, 5.41) is 0. The van der Waals surface area contributed by atoms with E-state index in [0.717, 1.165) is 12.0 Å². The summed E-state index contributed by atoms with van der Waals surface area (Å²) in [4.78, 5) is 10.9. The third kappa shape index (κ3) is 6.74. The zero-order chi connectivity index (χ0) is 13.9. The van der Waals surface area contributed by atoms with Crippen LogP contribution in [0.25, 0.3) is 0 Å². The number of allylic oxidation sites excluding steroid dienone is 1. The van der Waals surface area contributed by atoms with Gasteiger partial charge in [0.2, 0.25) is 0 Å². The van der Waals surface area contributed by atoms with Crippen LogP contribution in [-0.4, -0.2) is 27.0 Å². The van der Waals surface area contributed by atoms with Crippen LogP contribution in [0, 0.1) is 0 Å². The largest absolute Gasteiger partial charge is 0.469 e. The van der Waals surface area contributed by atoms with Crippen LogP contribution in [0.3, 0.4) is 0 Å². The van der Waals surface area contributed by atoms with Gasteiger partial charge in [-0.05, 0) is 17.5 Å². The van der Waals surface area contributed by atoms with E-state index in [1.165, 1.54) is 12.7 Å². The van der Waals surface area contributed by atoms with Crippen molar-refractivity contribution in [2.24, 2.45) is 0 Å². The first-order chi connectivity index (χ1) is 9.26. The van der Waals surface area contributed by atoms with E-state index in [-0.39, 0.29) is 5.97 Å². The molecule has 0 aliphatic rings. The van der Waals surface area contributed by atoms with Crippen molar-refractivity contribution < 1.29 is 19.0 Å². The van der Waals surface area contributed by atoms with Gasteiger partial charge < -0.3 is 14.2 Å². The van der Waals surface area contributed by atoms with Crippen LogP contribution in [-0.2, 0) is 32.0 Å². The number of hydrogen-bond donors (Lipinski definition) is 0. The summed E-state index contributed by atoms with van der Waals surface area (Å²) >= 11 is 0. The topological polar surface area (TPSA) is 44.8 Å². The molecule has 4 nitrogen and oxygen atoms in total. The highest BCUT2D eigenvalue weighted by Gasteiger charge is 1.96. The van der Waals surface area contributed by atoms with Crippen LogP contribution >= 0.6 is 0 Å². The molecule has 0 radical (unpaired) electrons. The summed E-state index contributed by atoms with van der Waals surface area (Å²) < 4.78 is 14.6. The molecule has 0 amide bonds. The van der Waals surface area contributed by atoms with Crippen molar-refractivity contribution in [3.63, 3.8) is 0 Å². The Bertz CT molecular complexity index is 395. The summed E-state index contributed by atoms with van der Waals surface area (Å²) in [7, 11) is 2.99. The molecule has 0 aliphatic carbocycles. The maximum absolute atomic E-state index is 10.9. The highest BCUT2D eigenvalue weighted by molar-refractivity contribution is 5.70. The normalized spacial score (nSPS) is 10.8. The fraction of sp³-hybridized carbons (Fsp3) is 0.400. The Morgan fingerprint density at radius 1 is 1.11 bits per heavy atom. The van der Waals surface area contributed by atoms with Crippen LogP contribution in [0.15, 0.2) is 36.4 Å². The standard InChI is InChI=1S/C15H20O4/c1-17-12-19-11-14-9-7-13(8-10-14)5-3-4-6-15(16)18-2/h3-4,7-10H,5-6,11-12H2,1-2H3/b4-3+. The predicted octanol–water partition coefficient (Wildman–Crippen LogP) is 2.47. The van der Waals surface area contributed by atoms with Crippen LogP contribution < -0.4 is 0 Å². The predicted molar refractivity (Wildman–Crippen MR) is 72.6 cm³/mol. The van der Waals surface area contributed by atoms with Gasteiger partial charge in [-0.25, -0.2) is 0 Å². The Morgan fingerprint density at radius 3 is 2.42 bits per heavy atom. The van der Waals surface area contributed by atoms with E-state index in [0.29, 0.717) is 19.8 Å². The fourth-order valence-corrected chi connectivity index (χ4v) is 1.50. The van der Waals surface area contributed by atoms with E-state index in [1.54, 1.807) is 7.11 Å². The second-order valence-corrected chi connectivity index (χ2v) is 4.03. The quantitative estimate of drug-likeness (QED) is 0.313. The Hall–Kier alpha value is -1.65. The number of ether oxygens (including phenoxy) is 3. The van der Waals surface area contributed by atoms with Crippen molar-refractivity contribution in [1.82, 2.24) is 0 Å². The van der Waals surface area contributed by atoms with Crippen molar-refractivity contribution in [2.45, 2.75) is 19.4 Å². The van der Waals surface area contributed by atoms with Gasteiger partial charge in [0.15, 0.2) is 0 Å². The molecule has 0 saturated heterocycles. The molecule has 0 fully saturated rings. The Balaban J connectivity index is 2.33. The van der Waals surface area contributed by atoms with Crippen molar-refractivity contribution in [2.75, 3.05) is 21.0 Å². The van der Waals surface area contributed by atoms with E-state index in [1.807, 2.05) is 36.4 Å². The number of rotatable bonds is 8. The van der Waals surface area contributed by atoms with Gasteiger partial charge in [0, 0.05) is 7.11 Å². The molecule has 0 aromatic heterocycles. The minimum Gasteiger partial charge on any atom is -0.469 e. The van der Waals surface area contributed by atoms with Gasteiger partial charge in [0.05, 0.1) is 20.1 Å². The van der Waals surface area contributed by atoms with E-state index >= 15 is 0 Å². The van der Waals surface area contributed by atoms with Crippen LogP contribution in [0.1, 0.15) is 17.5 Å². The maximum Gasteiger partial charge on any atom is 0.309 e. The molecule has 0 heterocycles. The molecular weight excluding hydrogens is 244 g/mol. The lowest BCUT2D eigenvalue weighted by Gasteiger charge is -2.04. The van der Waals surface area contributed by atoms with Crippen LogP contribution in [0.5, 0.6) is 0 Å². The Morgan fingerprint density at radius 2 is 1.79 bits per heavy atom. The molecule has 4 heteroatoms. The molecule has 0 atom stereocenters. The van der Waals surface area contributed by atoms with Crippen LogP contribution in [0.4, 0.5) is 0 Å². The number of hydrogen-bond acceptors (Lipinski definition) is 4. The van der Waals surface area contributed by atoms with Gasteiger partial charge in [-0.3, -0.25) is 4.79 Å². The monoisotopic (exact) mass is 264 g/mol. The molecule has 0 aliphatic heterocycles. The minimum atomic E-state index is -0.220. The average molecular weight is 264 g/mol. The fourth-order valence-electron chi connectivity index (χ4n) is 1.50. The summed E-state index contributed by atoms with van der Waals surface area (Å²) in [5.74, 6) is -0.220. The molecular formula is C15H20O4. The minimum absolute atomic E-state index is 0.220. The Labute approximate surface area is 114 Å². The second-order valence-electron chi connectivity index (χ2n) is 4.03. The molecule has 104 valence electrons. The lowest BCUT2D eigenvalue weighted by Crippen LogP contribution is -1.97. The second kappa shape index (κ2) is 9.30. The summed E-state index contributed by atoms with van der Waals surface area (Å²) in [5.41, 5.74) is 2.30. The SMILES string of the molecule is COCOCc1ccc(C/C=C/CC(=O)OC)cc1. The zero-order valence-electron chi connectivity index (χ0n) is 11.4. The summed E-state index contributed by atoms with van der Waals surface area (Å²) in [6, 6.07) is 8.15. The molecule has 1 rings (SSSR count). The smallest absolute Gasteiger partial charge is 0.309 e. The molecule has 0 unspecified atom stereocenters. The van der Waals surface area contributed by atoms with E-state index in [9.17, 15) is 4.79 Å². The molecule has 1 aromatic rings. The number of methoxy groups -OCH3 is 2. The molecule has 0 spiro atoms. The van der Waals surface area contributed by atoms with Crippen molar-refractivity contribution in [1.29, 1.82) is 0 Å². The van der Waals surface area contributed by atoms with E-state index in [4.69, 9.17) is 9.47 Å². The van der Waals surface area contributed by atoms with Crippen LogP contribution in [0.2, 0.25) is 0 Å². The molecule has 1 aromatic carbocycles. The lowest BCUT2D eigenvalue weighted by molar-refractivity contribution is -0.139. The van der Waals surface area contributed by atoms with Crippen molar-refractivity contribution >= 4 is 5.97 Å². The first-order valence-corrected chi connectivity index (χ1v) is 6.12. The summed E-state index contributed by atoms with van der Waals surface area (Å²) in [6.07, 6.45) is 4.91. The number of carbonyl (C=O) groups is 1. The van der Waals surface area contributed by atoms with E-state index in [2.05, 4.69) is 4.74 Å². The zero-order valence-corrected chi connectivity index (χ0v) is 11.4. The van der Waals surface area contributed by atoms with Crippen molar-refractivity contribution in [3.05, 3.63) is 47.5 Å². The first-order valence-electron chi connectivity index (χ1n) is 6.12. The van der Waals surface area contributed by atoms with Gasteiger partial charge in [0.1, 0.15) is 6.79 Å². The molecule has 19 heavy (non-hydrogen) atoms. The number of carbonyl (C=O) groups excluding carboxylic acids is 1. The third-order valence-electron chi connectivity index (χ3n) is 2.53. The maximum atomic E-state index is 10.9. The third-order valence-corrected chi connectivity index (χ3v) is 2.53. The molecule has 0 bridgehead atoms. The summed E-state index contributed by atoms with van der Waals surface area (Å²) in [6.45, 7) is 0.852. The highest BCUT2D eigenvalue weighted by atomic mass is 16.7. The molecule has 0 N–H and O–H groups in total. The van der Waals surface area contributed by atoms with Crippen molar-refractivity contribution in [3.8, 4) is 0 Å². The van der Waals surface area contributed by atoms with Gasteiger partial charge in [-0.1, -0.05) is 36.4 Å². The Kier molecular flexibility index (Phi) is 7.54. The highest BCUT2D eigenvalue weighted by Crippen LogP contribution is 2.07. The number of benzene rings is 1.